The second-order valence-electron chi connectivity index (χ2n) is 5.76. The highest BCUT2D eigenvalue weighted by Crippen LogP contribution is 2.37. The molecule has 1 aliphatic rings. The molecule has 22 heavy (non-hydrogen) atoms. The van der Waals surface area contributed by atoms with Crippen molar-refractivity contribution in [1.82, 2.24) is 19.6 Å². The standard InChI is InChI=1S/C15H19N5OS/c1-2-9(21)7-16-15-19-14-12(13-17-8-18-20(13)15)10-5-3-4-6-11(10)22-14/h8-9,21H,2-7H2,1H3,(H,16,19)/t9-/m0/s1. The van der Waals surface area contributed by atoms with Gasteiger partial charge in [0.1, 0.15) is 11.2 Å². The molecule has 0 saturated carbocycles. The van der Waals surface area contributed by atoms with Crippen LogP contribution in [0.15, 0.2) is 6.33 Å². The molecule has 0 fully saturated rings. The molecule has 0 spiro atoms. The minimum absolute atomic E-state index is 0.382. The smallest absolute Gasteiger partial charge is 0.227 e. The van der Waals surface area contributed by atoms with Crippen molar-refractivity contribution < 1.29 is 5.11 Å². The van der Waals surface area contributed by atoms with E-state index < -0.39 is 0 Å². The SMILES string of the molecule is CC[C@H](O)CNc1nc2sc3c(c2c2ncnn12)CCCC3. The lowest BCUT2D eigenvalue weighted by molar-refractivity contribution is 0.183. The second-order valence-corrected chi connectivity index (χ2v) is 6.85. The lowest BCUT2D eigenvalue weighted by Crippen LogP contribution is -2.20. The third-order valence-corrected chi connectivity index (χ3v) is 5.48. The molecule has 0 amide bonds. The molecule has 0 aliphatic heterocycles. The van der Waals surface area contributed by atoms with Crippen molar-refractivity contribution >= 4 is 33.1 Å². The van der Waals surface area contributed by atoms with Crippen LogP contribution in [0.2, 0.25) is 0 Å². The number of nitrogens with zero attached hydrogens (tertiary/aromatic N) is 4. The Morgan fingerprint density at radius 1 is 1.41 bits per heavy atom. The summed E-state index contributed by atoms with van der Waals surface area (Å²) in [7, 11) is 0. The maximum atomic E-state index is 9.75. The molecule has 116 valence electrons. The van der Waals surface area contributed by atoms with Gasteiger partial charge in [0.2, 0.25) is 5.95 Å². The number of nitrogens with one attached hydrogen (secondary N) is 1. The van der Waals surface area contributed by atoms with Crippen molar-refractivity contribution in [3.63, 3.8) is 0 Å². The molecule has 2 N–H and O–H groups in total. The largest absolute Gasteiger partial charge is 0.391 e. The minimum atomic E-state index is -0.382. The van der Waals surface area contributed by atoms with Crippen LogP contribution in [0, 0.1) is 0 Å². The zero-order valence-electron chi connectivity index (χ0n) is 12.5. The van der Waals surface area contributed by atoms with E-state index in [0.29, 0.717) is 18.9 Å². The van der Waals surface area contributed by atoms with E-state index in [1.165, 1.54) is 28.7 Å². The first-order chi connectivity index (χ1) is 10.8. The van der Waals surface area contributed by atoms with Crippen LogP contribution < -0.4 is 5.32 Å². The Hall–Kier alpha value is -1.73. The normalized spacial score (nSPS) is 16.1. The first-order valence-electron chi connectivity index (χ1n) is 7.84. The van der Waals surface area contributed by atoms with Crippen molar-refractivity contribution in [1.29, 1.82) is 0 Å². The Morgan fingerprint density at radius 3 is 3.14 bits per heavy atom. The van der Waals surface area contributed by atoms with E-state index in [1.807, 2.05) is 6.92 Å². The Bertz CT molecular complexity index is 824. The Balaban J connectivity index is 1.85. The fourth-order valence-corrected chi connectivity index (χ4v) is 4.29. The summed E-state index contributed by atoms with van der Waals surface area (Å²) in [5.41, 5.74) is 2.29. The molecule has 7 heteroatoms. The van der Waals surface area contributed by atoms with Crippen LogP contribution in [0.5, 0.6) is 0 Å². The van der Waals surface area contributed by atoms with Crippen LogP contribution in [0.3, 0.4) is 0 Å². The lowest BCUT2D eigenvalue weighted by atomic mass is 9.97. The number of anilines is 1. The van der Waals surface area contributed by atoms with Gasteiger partial charge in [0, 0.05) is 11.4 Å². The van der Waals surface area contributed by atoms with Gasteiger partial charge in [0.15, 0.2) is 5.65 Å². The molecule has 4 rings (SSSR count). The van der Waals surface area contributed by atoms with Gasteiger partial charge in [0.25, 0.3) is 0 Å². The van der Waals surface area contributed by atoms with Gasteiger partial charge in [-0.15, -0.1) is 11.3 Å². The first kappa shape index (κ1) is 13.9. The molecule has 0 unspecified atom stereocenters. The Kier molecular flexibility index (Phi) is 3.46. The molecule has 3 aromatic rings. The summed E-state index contributed by atoms with van der Waals surface area (Å²) in [6.45, 7) is 2.43. The number of aromatic nitrogens is 4. The third-order valence-electron chi connectivity index (χ3n) is 4.30. The monoisotopic (exact) mass is 317 g/mol. The van der Waals surface area contributed by atoms with Crippen LogP contribution in [0.4, 0.5) is 5.95 Å². The van der Waals surface area contributed by atoms with Gasteiger partial charge >= 0.3 is 0 Å². The summed E-state index contributed by atoms with van der Waals surface area (Å²) in [5.74, 6) is 0.658. The fourth-order valence-electron chi connectivity index (χ4n) is 3.04. The number of hydrogen-bond donors (Lipinski definition) is 2. The molecule has 3 aromatic heterocycles. The van der Waals surface area contributed by atoms with Gasteiger partial charge in [-0.05, 0) is 37.7 Å². The van der Waals surface area contributed by atoms with Crippen LogP contribution in [-0.4, -0.2) is 37.3 Å². The van der Waals surface area contributed by atoms with Crippen molar-refractivity contribution in [2.75, 3.05) is 11.9 Å². The second kappa shape index (κ2) is 5.48. The van der Waals surface area contributed by atoms with E-state index in [9.17, 15) is 5.11 Å². The number of hydrogen-bond acceptors (Lipinski definition) is 6. The molecule has 0 aromatic carbocycles. The minimum Gasteiger partial charge on any atom is -0.391 e. The van der Waals surface area contributed by atoms with E-state index in [1.54, 1.807) is 22.2 Å². The van der Waals surface area contributed by atoms with E-state index >= 15 is 0 Å². The van der Waals surface area contributed by atoms with E-state index in [2.05, 4.69) is 15.4 Å². The van der Waals surface area contributed by atoms with Gasteiger partial charge in [-0.3, -0.25) is 0 Å². The summed E-state index contributed by atoms with van der Waals surface area (Å²) >= 11 is 1.78. The fraction of sp³-hybridized carbons (Fsp3) is 0.533. The number of aliphatic hydroxyl groups excluding tert-OH is 1. The predicted octanol–water partition coefficient (Wildman–Crippen LogP) is 2.40. The number of thiophene rings is 1. The van der Waals surface area contributed by atoms with Crippen LogP contribution >= 0.6 is 11.3 Å². The molecular formula is C15H19N5OS. The van der Waals surface area contributed by atoms with E-state index in [0.717, 1.165) is 23.3 Å². The third kappa shape index (κ3) is 2.16. The molecule has 1 aliphatic carbocycles. The quantitative estimate of drug-likeness (QED) is 0.773. The molecule has 6 nitrogen and oxygen atoms in total. The topological polar surface area (TPSA) is 75.3 Å². The van der Waals surface area contributed by atoms with Crippen molar-refractivity contribution in [3.8, 4) is 0 Å². The lowest BCUT2D eigenvalue weighted by Gasteiger charge is -2.12. The number of aryl methyl sites for hydroxylation is 2. The van der Waals surface area contributed by atoms with Crippen LogP contribution in [0.1, 0.15) is 36.6 Å². The molecule has 0 radical (unpaired) electrons. The zero-order valence-corrected chi connectivity index (χ0v) is 13.4. The van der Waals surface area contributed by atoms with Gasteiger partial charge in [-0.2, -0.15) is 9.61 Å². The zero-order chi connectivity index (χ0) is 15.1. The van der Waals surface area contributed by atoms with Gasteiger partial charge in [-0.25, -0.2) is 9.97 Å². The van der Waals surface area contributed by atoms with Crippen LogP contribution in [0.25, 0.3) is 15.9 Å². The highest BCUT2D eigenvalue weighted by atomic mass is 32.1. The number of fused-ring (bicyclic) bond motifs is 5. The first-order valence-corrected chi connectivity index (χ1v) is 8.65. The highest BCUT2D eigenvalue weighted by molar-refractivity contribution is 7.19. The van der Waals surface area contributed by atoms with Crippen molar-refractivity contribution in [2.24, 2.45) is 0 Å². The predicted molar refractivity (Wildman–Crippen MR) is 87.6 cm³/mol. The van der Waals surface area contributed by atoms with Crippen LogP contribution in [-0.2, 0) is 12.8 Å². The molecule has 3 heterocycles. The Labute approximate surface area is 132 Å². The van der Waals surface area contributed by atoms with Gasteiger partial charge in [0.05, 0.1) is 11.5 Å². The average Bonchev–Trinajstić information content (AvgIpc) is 3.15. The van der Waals surface area contributed by atoms with Gasteiger partial charge in [-0.1, -0.05) is 6.92 Å². The molecule has 0 bridgehead atoms. The summed E-state index contributed by atoms with van der Waals surface area (Å²) in [5, 5.41) is 18.4. The summed E-state index contributed by atoms with van der Waals surface area (Å²) < 4.78 is 1.76. The van der Waals surface area contributed by atoms with Crippen molar-refractivity contribution in [2.45, 2.75) is 45.1 Å². The van der Waals surface area contributed by atoms with E-state index in [-0.39, 0.29) is 6.10 Å². The van der Waals surface area contributed by atoms with Gasteiger partial charge < -0.3 is 10.4 Å². The molecule has 0 saturated heterocycles. The summed E-state index contributed by atoms with van der Waals surface area (Å²) in [6.07, 6.45) is 6.66. The van der Waals surface area contributed by atoms with E-state index in [4.69, 9.17) is 4.98 Å². The average molecular weight is 317 g/mol. The molecular weight excluding hydrogens is 298 g/mol. The maximum absolute atomic E-state index is 9.75. The Morgan fingerprint density at radius 2 is 2.27 bits per heavy atom. The maximum Gasteiger partial charge on any atom is 0.227 e. The molecule has 1 atom stereocenters. The van der Waals surface area contributed by atoms with Crippen molar-refractivity contribution in [3.05, 3.63) is 16.8 Å². The number of aliphatic hydroxyl groups is 1. The summed E-state index contributed by atoms with van der Waals surface area (Å²) in [4.78, 5) is 11.7. The number of rotatable bonds is 4. The summed E-state index contributed by atoms with van der Waals surface area (Å²) in [6, 6.07) is 0. The highest BCUT2D eigenvalue weighted by Gasteiger charge is 2.21.